The number of halogens is 2. The predicted octanol–water partition coefficient (Wildman–Crippen LogP) is 5.02. The number of hydrogen-bond acceptors (Lipinski definition) is 3. The third-order valence-electron chi connectivity index (χ3n) is 3.36. The minimum absolute atomic E-state index is 0.0235. The normalized spacial score (nSPS) is 10.9. The van der Waals surface area contributed by atoms with Crippen molar-refractivity contribution in [3.05, 3.63) is 67.9 Å². The molecule has 6 heteroatoms. The molecule has 0 saturated heterocycles. The summed E-state index contributed by atoms with van der Waals surface area (Å²) in [6, 6.07) is 13.0. The number of rotatable bonds is 4. The summed E-state index contributed by atoms with van der Waals surface area (Å²) in [6.45, 7) is 3.83. The largest absolute Gasteiger partial charge is 0.360 e. The number of nitrogens with zero attached hydrogens (tertiary/aromatic N) is 1. The maximum absolute atomic E-state index is 12.2. The lowest BCUT2D eigenvalue weighted by atomic mass is 10.2. The highest BCUT2D eigenvalue weighted by atomic mass is 127. The molecule has 4 nitrogen and oxygen atoms in total. The van der Waals surface area contributed by atoms with Crippen molar-refractivity contribution in [2.45, 2.75) is 13.8 Å². The molecule has 0 bridgehead atoms. The van der Waals surface area contributed by atoms with E-state index in [4.69, 9.17) is 11.6 Å². The zero-order valence-corrected chi connectivity index (χ0v) is 16.1. The van der Waals surface area contributed by atoms with Crippen molar-refractivity contribution >= 4 is 51.5 Å². The van der Waals surface area contributed by atoms with Gasteiger partial charge in [-0.15, -0.1) is 0 Å². The molecule has 0 aliphatic heterocycles. The van der Waals surface area contributed by atoms with Gasteiger partial charge >= 0.3 is 0 Å². The second-order valence-electron chi connectivity index (χ2n) is 5.19. The monoisotopic (exact) mass is 451 g/mol. The van der Waals surface area contributed by atoms with Crippen LogP contribution in [0.5, 0.6) is 0 Å². The van der Waals surface area contributed by atoms with Crippen LogP contribution in [0.4, 0.5) is 11.4 Å². The fraction of sp³-hybridized carbons (Fsp3) is 0.111. The lowest BCUT2D eigenvalue weighted by Gasteiger charge is -2.08. The van der Waals surface area contributed by atoms with E-state index in [1.165, 1.54) is 6.20 Å². The third kappa shape index (κ3) is 4.73. The number of benzene rings is 2. The molecule has 2 N–H and O–H groups in total. The fourth-order valence-corrected chi connectivity index (χ4v) is 2.78. The standard InChI is InChI=1S/C18H15ClIN3O/c1-11-3-5-15(8-16(11)19)23-18(24)13(9-21)10-22-17-6-4-14(20)7-12(17)2/h3-8,10,22H,1-2H3,(H,23,24)/b13-10-. The zero-order chi connectivity index (χ0) is 17.7. The second-order valence-corrected chi connectivity index (χ2v) is 6.84. The molecule has 0 fully saturated rings. The number of nitriles is 1. The van der Waals surface area contributed by atoms with Gasteiger partial charge in [-0.2, -0.15) is 5.26 Å². The van der Waals surface area contributed by atoms with Gasteiger partial charge in [-0.3, -0.25) is 4.79 Å². The summed E-state index contributed by atoms with van der Waals surface area (Å²) in [6.07, 6.45) is 1.40. The minimum Gasteiger partial charge on any atom is -0.360 e. The Kier molecular flexibility index (Phi) is 6.23. The lowest BCUT2D eigenvalue weighted by Crippen LogP contribution is -2.14. The van der Waals surface area contributed by atoms with Crippen molar-refractivity contribution < 1.29 is 4.79 Å². The number of nitrogens with one attached hydrogen (secondary N) is 2. The molecule has 122 valence electrons. The Hall–Kier alpha value is -2.04. The Bertz CT molecular complexity index is 856. The molecular formula is C18H15ClIN3O. The number of anilines is 2. The molecule has 24 heavy (non-hydrogen) atoms. The molecule has 2 rings (SSSR count). The zero-order valence-electron chi connectivity index (χ0n) is 13.2. The van der Waals surface area contributed by atoms with Crippen molar-refractivity contribution in [1.29, 1.82) is 5.26 Å². The summed E-state index contributed by atoms with van der Waals surface area (Å²) in [5.41, 5.74) is 3.31. The van der Waals surface area contributed by atoms with E-state index in [0.717, 1.165) is 20.4 Å². The van der Waals surface area contributed by atoms with Gasteiger partial charge in [0.2, 0.25) is 0 Å². The first kappa shape index (κ1) is 18.3. The molecular weight excluding hydrogens is 437 g/mol. The first-order valence-corrected chi connectivity index (χ1v) is 8.57. The van der Waals surface area contributed by atoms with E-state index >= 15 is 0 Å². The summed E-state index contributed by atoms with van der Waals surface area (Å²) < 4.78 is 1.12. The van der Waals surface area contributed by atoms with Crippen molar-refractivity contribution in [2.75, 3.05) is 10.6 Å². The molecule has 0 aliphatic rings. The Morgan fingerprint density at radius 1 is 1.21 bits per heavy atom. The average Bonchev–Trinajstić information content (AvgIpc) is 2.53. The molecule has 0 radical (unpaired) electrons. The van der Waals surface area contributed by atoms with Gasteiger partial charge in [-0.1, -0.05) is 17.7 Å². The molecule has 0 spiro atoms. The Morgan fingerprint density at radius 2 is 1.96 bits per heavy atom. The number of amides is 1. The Balaban J connectivity index is 2.13. The van der Waals surface area contributed by atoms with Crippen LogP contribution in [0.3, 0.4) is 0 Å². The smallest absolute Gasteiger partial charge is 0.267 e. The van der Waals surface area contributed by atoms with Gasteiger partial charge in [0.1, 0.15) is 11.6 Å². The van der Waals surface area contributed by atoms with Crippen LogP contribution >= 0.6 is 34.2 Å². The van der Waals surface area contributed by atoms with E-state index < -0.39 is 5.91 Å². The van der Waals surface area contributed by atoms with E-state index in [-0.39, 0.29) is 5.57 Å². The summed E-state index contributed by atoms with van der Waals surface area (Å²) in [7, 11) is 0. The molecule has 0 aromatic heterocycles. The highest BCUT2D eigenvalue weighted by Gasteiger charge is 2.10. The predicted molar refractivity (Wildman–Crippen MR) is 106 cm³/mol. The maximum Gasteiger partial charge on any atom is 0.267 e. The molecule has 0 heterocycles. The van der Waals surface area contributed by atoms with Gasteiger partial charge < -0.3 is 10.6 Å². The highest BCUT2D eigenvalue weighted by molar-refractivity contribution is 14.1. The topological polar surface area (TPSA) is 64.9 Å². The van der Waals surface area contributed by atoms with Gasteiger partial charge in [0.25, 0.3) is 5.91 Å². The van der Waals surface area contributed by atoms with Gasteiger partial charge in [0, 0.05) is 26.2 Å². The van der Waals surface area contributed by atoms with Crippen molar-refractivity contribution in [1.82, 2.24) is 0 Å². The van der Waals surface area contributed by atoms with Crippen molar-refractivity contribution in [3.8, 4) is 6.07 Å². The van der Waals surface area contributed by atoms with Crippen LogP contribution in [0.2, 0.25) is 5.02 Å². The van der Waals surface area contributed by atoms with Gasteiger partial charge in [-0.25, -0.2) is 0 Å². The number of carbonyl (C=O) groups is 1. The molecule has 1 amide bonds. The van der Waals surface area contributed by atoms with Crippen LogP contribution in [0.25, 0.3) is 0 Å². The molecule has 2 aromatic rings. The van der Waals surface area contributed by atoms with Gasteiger partial charge in [0.15, 0.2) is 0 Å². The van der Waals surface area contributed by atoms with Crippen molar-refractivity contribution in [3.63, 3.8) is 0 Å². The van der Waals surface area contributed by atoms with Crippen LogP contribution in [0.15, 0.2) is 48.2 Å². The second kappa shape index (κ2) is 8.18. The lowest BCUT2D eigenvalue weighted by molar-refractivity contribution is -0.112. The van der Waals surface area contributed by atoms with E-state index in [9.17, 15) is 10.1 Å². The molecule has 2 aromatic carbocycles. The van der Waals surface area contributed by atoms with E-state index in [2.05, 4.69) is 33.2 Å². The highest BCUT2D eigenvalue weighted by Crippen LogP contribution is 2.21. The molecule has 0 atom stereocenters. The maximum atomic E-state index is 12.2. The quantitative estimate of drug-likeness (QED) is 0.390. The van der Waals surface area contributed by atoms with Gasteiger partial charge in [0.05, 0.1) is 0 Å². The summed E-state index contributed by atoms with van der Waals surface area (Å²) >= 11 is 8.27. The molecule has 0 saturated carbocycles. The van der Waals surface area contributed by atoms with Crippen LogP contribution in [0, 0.1) is 28.7 Å². The third-order valence-corrected chi connectivity index (χ3v) is 4.43. The van der Waals surface area contributed by atoms with Crippen molar-refractivity contribution in [2.24, 2.45) is 0 Å². The Labute approximate surface area is 159 Å². The van der Waals surface area contributed by atoms with E-state index in [0.29, 0.717) is 10.7 Å². The van der Waals surface area contributed by atoms with Crippen LogP contribution in [-0.4, -0.2) is 5.91 Å². The summed E-state index contributed by atoms with van der Waals surface area (Å²) in [5, 5.41) is 15.4. The minimum atomic E-state index is -0.493. The van der Waals surface area contributed by atoms with Crippen LogP contribution < -0.4 is 10.6 Å². The molecule has 0 aliphatic carbocycles. The fourth-order valence-electron chi connectivity index (χ4n) is 1.96. The SMILES string of the molecule is Cc1ccc(NC(=O)/C(C#N)=C\Nc2ccc(I)cc2C)cc1Cl. The number of hydrogen-bond donors (Lipinski definition) is 2. The Morgan fingerprint density at radius 3 is 2.58 bits per heavy atom. The van der Waals surface area contributed by atoms with Crippen LogP contribution in [-0.2, 0) is 4.79 Å². The number of aryl methyl sites for hydroxylation is 2. The summed E-state index contributed by atoms with van der Waals surface area (Å²) in [5.74, 6) is -0.493. The van der Waals surface area contributed by atoms with Gasteiger partial charge in [-0.05, 0) is 77.9 Å². The summed E-state index contributed by atoms with van der Waals surface area (Å²) in [4.78, 5) is 12.2. The first-order valence-electron chi connectivity index (χ1n) is 7.11. The first-order chi connectivity index (χ1) is 11.4. The van der Waals surface area contributed by atoms with E-state index in [1.807, 2.05) is 38.1 Å². The average molecular weight is 452 g/mol. The van der Waals surface area contributed by atoms with Crippen LogP contribution in [0.1, 0.15) is 11.1 Å². The molecule has 0 unspecified atom stereocenters. The number of carbonyl (C=O) groups excluding carboxylic acids is 1. The van der Waals surface area contributed by atoms with E-state index in [1.54, 1.807) is 18.2 Å².